The van der Waals surface area contributed by atoms with Gasteiger partial charge >= 0.3 is 5.97 Å². The standard InChI is InChI=1S/C13H12Cl2FNO4/c1-3-20-6-8(13(19)21-4-2)10(18)7-5-9(16)12(15)17-11(7)14/h5-6H,3-4H2,1-2H3. The quantitative estimate of drug-likeness (QED) is 0.152. The molecular weight excluding hydrogens is 324 g/mol. The highest BCUT2D eigenvalue weighted by Crippen LogP contribution is 2.23. The number of esters is 1. The van der Waals surface area contributed by atoms with E-state index in [1.54, 1.807) is 13.8 Å². The third kappa shape index (κ3) is 4.41. The van der Waals surface area contributed by atoms with Gasteiger partial charge in [-0.1, -0.05) is 23.2 Å². The van der Waals surface area contributed by atoms with Gasteiger partial charge in [-0.05, 0) is 19.9 Å². The maximum absolute atomic E-state index is 13.4. The van der Waals surface area contributed by atoms with Gasteiger partial charge in [0.05, 0.1) is 18.8 Å². The molecule has 1 aromatic rings. The van der Waals surface area contributed by atoms with Gasteiger partial charge in [0.15, 0.2) is 11.0 Å². The predicted octanol–water partition coefficient (Wildman–Crippen LogP) is 3.19. The first-order chi connectivity index (χ1) is 9.92. The lowest BCUT2D eigenvalue weighted by atomic mass is 10.1. The molecule has 0 aromatic carbocycles. The van der Waals surface area contributed by atoms with Gasteiger partial charge in [0.25, 0.3) is 0 Å². The molecule has 0 unspecified atom stereocenters. The Kier molecular flexibility index (Phi) is 6.58. The fourth-order valence-electron chi connectivity index (χ4n) is 1.32. The van der Waals surface area contributed by atoms with E-state index in [-0.39, 0.29) is 23.9 Å². The Labute approximate surface area is 130 Å². The predicted molar refractivity (Wildman–Crippen MR) is 74.9 cm³/mol. The molecule has 0 amide bonds. The van der Waals surface area contributed by atoms with Crippen LogP contribution in [0.1, 0.15) is 24.2 Å². The second-order valence-electron chi connectivity index (χ2n) is 3.64. The Balaban J connectivity index is 3.23. The summed E-state index contributed by atoms with van der Waals surface area (Å²) in [5.41, 5.74) is -0.721. The van der Waals surface area contributed by atoms with Crippen molar-refractivity contribution in [3.63, 3.8) is 0 Å². The van der Waals surface area contributed by atoms with Crippen molar-refractivity contribution in [1.29, 1.82) is 0 Å². The van der Waals surface area contributed by atoms with Gasteiger partial charge in [-0.15, -0.1) is 0 Å². The molecule has 1 aromatic heterocycles. The molecule has 1 rings (SSSR count). The number of hydrogen-bond donors (Lipinski definition) is 0. The molecule has 0 aliphatic heterocycles. The average molecular weight is 336 g/mol. The summed E-state index contributed by atoms with van der Waals surface area (Å²) in [6.07, 6.45) is 0.948. The minimum atomic E-state index is -0.927. The number of rotatable bonds is 6. The van der Waals surface area contributed by atoms with Crippen LogP contribution < -0.4 is 0 Å². The number of aromatic nitrogens is 1. The topological polar surface area (TPSA) is 65.5 Å². The molecule has 0 aliphatic rings. The molecule has 5 nitrogen and oxygen atoms in total. The number of pyridine rings is 1. The summed E-state index contributed by atoms with van der Waals surface area (Å²) in [6.45, 7) is 3.55. The Morgan fingerprint density at radius 1 is 1.29 bits per heavy atom. The van der Waals surface area contributed by atoms with Gasteiger partial charge in [0, 0.05) is 0 Å². The number of carbonyl (C=O) groups is 2. The average Bonchev–Trinajstić information content (AvgIpc) is 2.43. The monoisotopic (exact) mass is 335 g/mol. The smallest absolute Gasteiger partial charge is 0.345 e. The second-order valence-corrected chi connectivity index (χ2v) is 4.35. The summed E-state index contributed by atoms with van der Waals surface area (Å²) >= 11 is 11.2. The Bertz CT molecular complexity index is 590. The summed E-state index contributed by atoms with van der Waals surface area (Å²) in [5, 5.41) is -0.791. The molecule has 0 fully saturated rings. The lowest BCUT2D eigenvalue weighted by Crippen LogP contribution is -2.17. The van der Waals surface area contributed by atoms with Crippen molar-refractivity contribution < 1.29 is 23.5 Å². The highest BCUT2D eigenvalue weighted by atomic mass is 35.5. The van der Waals surface area contributed by atoms with Crippen molar-refractivity contribution in [3.8, 4) is 0 Å². The van der Waals surface area contributed by atoms with Crippen molar-refractivity contribution in [1.82, 2.24) is 4.98 Å². The Hall–Kier alpha value is -1.66. The lowest BCUT2D eigenvalue weighted by molar-refractivity contribution is -0.138. The van der Waals surface area contributed by atoms with Crippen LogP contribution in [0, 0.1) is 5.82 Å². The molecule has 21 heavy (non-hydrogen) atoms. The molecule has 0 bridgehead atoms. The fraction of sp³-hybridized carbons (Fsp3) is 0.308. The van der Waals surface area contributed by atoms with Crippen molar-refractivity contribution in [2.45, 2.75) is 13.8 Å². The van der Waals surface area contributed by atoms with Gasteiger partial charge in [-0.2, -0.15) is 0 Å². The molecule has 114 valence electrons. The van der Waals surface area contributed by atoms with E-state index in [1.165, 1.54) is 0 Å². The zero-order valence-electron chi connectivity index (χ0n) is 11.3. The van der Waals surface area contributed by atoms with Crippen LogP contribution in [0.5, 0.6) is 0 Å². The summed E-state index contributed by atoms with van der Waals surface area (Å²) in [7, 11) is 0. The molecule has 0 spiro atoms. The van der Waals surface area contributed by atoms with Gasteiger partial charge in [0.2, 0.25) is 5.78 Å². The first kappa shape index (κ1) is 17.4. The van der Waals surface area contributed by atoms with Gasteiger partial charge in [0.1, 0.15) is 17.0 Å². The van der Waals surface area contributed by atoms with E-state index in [0.717, 1.165) is 12.3 Å². The minimum Gasteiger partial charge on any atom is -0.500 e. The van der Waals surface area contributed by atoms with E-state index in [1.807, 2.05) is 0 Å². The van der Waals surface area contributed by atoms with Crippen LogP contribution in [0.4, 0.5) is 4.39 Å². The number of ether oxygens (including phenoxy) is 2. The maximum Gasteiger partial charge on any atom is 0.345 e. The summed E-state index contributed by atoms with van der Waals surface area (Å²) in [6, 6.07) is 0.805. The number of carbonyl (C=O) groups excluding carboxylic acids is 2. The Morgan fingerprint density at radius 3 is 2.52 bits per heavy atom. The fourth-order valence-corrected chi connectivity index (χ4v) is 1.73. The van der Waals surface area contributed by atoms with Crippen LogP contribution in [0.2, 0.25) is 10.3 Å². The highest BCUT2D eigenvalue weighted by Gasteiger charge is 2.25. The van der Waals surface area contributed by atoms with Gasteiger partial charge in [-0.3, -0.25) is 4.79 Å². The third-order valence-electron chi connectivity index (χ3n) is 2.24. The molecule has 0 saturated heterocycles. The van der Waals surface area contributed by atoms with E-state index in [2.05, 4.69) is 4.98 Å². The summed E-state index contributed by atoms with van der Waals surface area (Å²) < 4.78 is 23.1. The molecule has 0 aliphatic carbocycles. The van der Waals surface area contributed by atoms with Crippen LogP contribution in [-0.2, 0) is 14.3 Å². The first-order valence-electron chi connectivity index (χ1n) is 5.97. The number of ketones is 1. The SMILES string of the molecule is CCOC=C(C(=O)OCC)C(=O)c1cc(F)c(Cl)nc1Cl. The summed E-state index contributed by atoms with van der Waals surface area (Å²) in [4.78, 5) is 27.5. The molecule has 0 N–H and O–H groups in total. The van der Waals surface area contributed by atoms with E-state index in [0.29, 0.717) is 0 Å². The molecule has 0 atom stereocenters. The maximum atomic E-state index is 13.4. The number of Topliss-reactive ketones (excluding diaryl/α,β-unsaturated/α-hetero) is 1. The van der Waals surface area contributed by atoms with Crippen LogP contribution >= 0.6 is 23.2 Å². The van der Waals surface area contributed by atoms with E-state index in [9.17, 15) is 14.0 Å². The van der Waals surface area contributed by atoms with Crippen molar-refractivity contribution in [2.24, 2.45) is 0 Å². The number of halogens is 3. The van der Waals surface area contributed by atoms with Crippen LogP contribution in [-0.4, -0.2) is 30.0 Å². The van der Waals surface area contributed by atoms with Crippen molar-refractivity contribution in [3.05, 3.63) is 39.6 Å². The van der Waals surface area contributed by atoms with Crippen LogP contribution in [0.3, 0.4) is 0 Å². The highest BCUT2D eigenvalue weighted by molar-refractivity contribution is 6.37. The second kappa shape index (κ2) is 7.95. The van der Waals surface area contributed by atoms with Gasteiger partial charge in [-0.25, -0.2) is 14.2 Å². The van der Waals surface area contributed by atoms with Crippen LogP contribution in [0.15, 0.2) is 17.9 Å². The van der Waals surface area contributed by atoms with E-state index >= 15 is 0 Å². The zero-order chi connectivity index (χ0) is 16.0. The Morgan fingerprint density at radius 2 is 1.95 bits per heavy atom. The first-order valence-corrected chi connectivity index (χ1v) is 6.73. The normalized spacial score (nSPS) is 11.2. The van der Waals surface area contributed by atoms with Gasteiger partial charge < -0.3 is 9.47 Å². The molecule has 1 heterocycles. The zero-order valence-corrected chi connectivity index (χ0v) is 12.8. The molecule has 0 radical (unpaired) electrons. The molecule has 0 saturated carbocycles. The van der Waals surface area contributed by atoms with Crippen LogP contribution in [0.25, 0.3) is 0 Å². The van der Waals surface area contributed by atoms with Crippen molar-refractivity contribution in [2.75, 3.05) is 13.2 Å². The molecular formula is C13H12Cl2FNO4. The number of hydrogen-bond acceptors (Lipinski definition) is 5. The largest absolute Gasteiger partial charge is 0.500 e. The lowest BCUT2D eigenvalue weighted by Gasteiger charge is -2.08. The molecule has 8 heteroatoms. The van der Waals surface area contributed by atoms with E-state index in [4.69, 9.17) is 32.7 Å². The minimum absolute atomic E-state index is 0.0660. The van der Waals surface area contributed by atoms with E-state index < -0.39 is 28.3 Å². The third-order valence-corrected chi connectivity index (χ3v) is 2.79. The van der Waals surface area contributed by atoms with Crippen molar-refractivity contribution >= 4 is 35.0 Å². The number of nitrogens with zero attached hydrogens (tertiary/aromatic N) is 1. The summed E-state index contributed by atoms with van der Waals surface area (Å²) in [5.74, 6) is -2.69.